The molecule has 3 heterocycles. The van der Waals surface area contributed by atoms with Gasteiger partial charge in [-0.1, -0.05) is 87.2 Å². The highest BCUT2D eigenvalue weighted by atomic mass is 127. The number of phenols is 1. The van der Waals surface area contributed by atoms with E-state index >= 15 is 0 Å². The Balaban J connectivity index is 0.761. The number of amides is 3. The maximum absolute atomic E-state index is 13.7. The molecule has 0 radical (unpaired) electrons. The number of aliphatic hydroxyl groups is 1. The minimum Gasteiger partial charge on any atom is -0.504 e. The quantitative estimate of drug-likeness (QED) is 0.0285. The molecule has 0 aliphatic carbocycles. The van der Waals surface area contributed by atoms with E-state index < -0.39 is 11.6 Å². The average Bonchev–Trinajstić information content (AvgIpc) is 3.71. The van der Waals surface area contributed by atoms with Crippen LogP contribution in [0.5, 0.6) is 23.0 Å². The van der Waals surface area contributed by atoms with Gasteiger partial charge in [0.2, 0.25) is 11.8 Å². The number of aliphatic carboxylic acids is 1. The number of fused-ring (bicyclic) bond motifs is 1. The summed E-state index contributed by atoms with van der Waals surface area (Å²) in [5.41, 5.74) is 3.34. The van der Waals surface area contributed by atoms with Gasteiger partial charge < -0.3 is 40.3 Å². The molecular weight excluding hydrogens is 1160 g/mol. The first-order valence-electron chi connectivity index (χ1n) is 24.5. The Morgan fingerprint density at radius 1 is 0.836 bits per heavy atom. The number of carboxylic acids is 1. The fourth-order valence-corrected chi connectivity index (χ4v) is 11.0. The number of aryl methyl sites for hydroxylation is 1. The lowest BCUT2D eigenvalue weighted by Crippen LogP contribution is -2.49. The molecule has 3 amide bonds. The van der Waals surface area contributed by atoms with Crippen molar-refractivity contribution in [1.82, 2.24) is 34.9 Å². The number of aromatic nitrogens is 4. The lowest BCUT2D eigenvalue weighted by atomic mass is 9.90. The zero-order valence-electron chi connectivity index (χ0n) is 40.9. The van der Waals surface area contributed by atoms with E-state index in [1.807, 2.05) is 61.5 Å². The number of halogens is 2. The largest absolute Gasteiger partial charge is 0.504 e. The van der Waals surface area contributed by atoms with Gasteiger partial charge in [-0.2, -0.15) is 5.10 Å². The molecule has 5 N–H and O–H groups in total. The number of hydrogen-bond acceptors (Lipinski definition) is 11. The van der Waals surface area contributed by atoms with E-state index in [9.17, 15) is 34.2 Å². The van der Waals surface area contributed by atoms with Crippen LogP contribution in [0.4, 0.5) is 0 Å². The molecule has 1 fully saturated rings. The minimum atomic E-state index is -1.17. The summed E-state index contributed by atoms with van der Waals surface area (Å²) in [6, 6.07) is 25.6. The predicted octanol–water partition coefficient (Wildman–Crippen LogP) is 8.22. The van der Waals surface area contributed by atoms with Gasteiger partial charge in [-0.3, -0.25) is 33.2 Å². The number of nitrogens with one attached hydrogen (secondary N) is 2. The summed E-state index contributed by atoms with van der Waals surface area (Å²) in [6.45, 7) is 3.49. The van der Waals surface area contributed by atoms with Gasteiger partial charge in [-0.05, 0) is 118 Å². The number of piperidine rings is 1. The Kier molecular flexibility index (Phi) is 19.3. The number of aromatic hydroxyl groups is 1. The van der Waals surface area contributed by atoms with Gasteiger partial charge in [0, 0.05) is 57.7 Å². The molecule has 0 saturated carbocycles. The van der Waals surface area contributed by atoms with E-state index in [4.69, 9.17) is 14.6 Å². The third-order valence-corrected chi connectivity index (χ3v) is 14.6. The molecule has 2 aromatic heterocycles. The van der Waals surface area contributed by atoms with E-state index in [2.05, 4.69) is 65.9 Å². The number of unbranched alkanes of at least 4 members (excludes halogenated alkanes) is 5. The van der Waals surface area contributed by atoms with E-state index in [-0.39, 0.29) is 65.8 Å². The molecule has 0 unspecified atom stereocenters. The van der Waals surface area contributed by atoms with E-state index in [1.54, 1.807) is 34.8 Å². The molecule has 6 aromatic rings. The topological polar surface area (TPSA) is 227 Å². The van der Waals surface area contributed by atoms with Gasteiger partial charge in [0.1, 0.15) is 11.3 Å². The van der Waals surface area contributed by atoms with Crippen LogP contribution in [0.2, 0.25) is 0 Å². The standard InChI is InChI=1S/C54H61I2N7O10/c1-35(38-12-8-7-9-13-38)26-47(67)62-24-21-54(71,22-25-62)33-63-34-59-49-50(53(63)70)60-61(2)51(49)39-17-15-36(16-18-39)31-58-45(65)14-10-5-3-4-6-11-23-57-46(66)32-72-44-30-40(19-20-43(44)64)73-52-41(55)27-37(28-42(52)56)29-48(68)69/h7-9,12-13,15-20,27-28,30,34-35,64,71H,3-6,10-11,14,21-26,29,31-33H2,1-2H3,(H,57,66)(H,58,65)(H,68,69)/t35-/m1/s1. The molecule has 1 aliphatic heterocycles. The number of carbonyl (C=O) groups excluding carboxylic acids is 3. The second-order valence-electron chi connectivity index (χ2n) is 18.6. The van der Waals surface area contributed by atoms with Crippen molar-refractivity contribution in [3.8, 4) is 34.3 Å². The maximum atomic E-state index is 13.7. The number of rotatable bonds is 24. The van der Waals surface area contributed by atoms with Crippen LogP contribution in [-0.2, 0) is 45.7 Å². The monoisotopic (exact) mass is 1220 g/mol. The van der Waals surface area contributed by atoms with Crippen molar-refractivity contribution in [2.45, 2.75) is 102 Å². The summed E-state index contributed by atoms with van der Waals surface area (Å²) in [5, 5.41) is 41.3. The number of benzene rings is 4. The number of phenolic OH excluding ortho intramolecular Hbond substituents is 1. The molecule has 7 rings (SSSR count). The molecular formula is C54H61I2N7O10. The molecule has 1 atom stereocenters. The first-order chi connectivity index (χ1) is 35.1. The molecule has 1 saturated heterocycles. The number of hydrogen-bond donors (Lipinski definition) is 5. The summed E-state index contributed by atoms with van der Waals surface area (Å²) in [6.07, 6.45) is 8.22. The Morgan fingerprint density at radius 2 is 1.52 bits per heavy atom. The van der Waals surface area contributed by atoms with Crippen molar-refractivity contribution >= 4 is 79.9 Å². The summed E-state index contributed by atoms with van der Waals surface area (Å²) in [7, 11) is 1.76. The number of carbonyl (C=O) groups is 4. The lowest BCUT2D eigenvalue weighted by Gasteiger charge is -2.38. The third-order valence-electron chi connectivity index (χ3n) is 13.0. The number of carboxylic acid groups (broad SMARTS) is 1. The number of nitrogens with zero attached hydrogens (tertiary/aromatic N) is 5. The molecule has 0 spiro atoms. The van der Waals surface area contributed by atoms with Crippen LogP contribution < -0.4 is 25.7 Å². The van der Waals surface area contributed by atoms with Crippen molar-refractivity contribution in [3.05, 3.63) is 125 Å². The molecule has 19 heteroatoms. The Morgan fingerprint density at radius 3 is 2.22 bits per heavy atom. The van der Waals surface area contributed by atoms with Crippen molar-refractivity contribution in [2.24, 2.45) is 7.05 Å². The average molecular weight is 1220 g/mol. The van der Waals surface area contributed by atoms with Crippen molar-refractivity contribution in [2.75, 3.05) is 26.2 Å². The van der Waals surface area contributed by atoms with Crippen LogP contribution in [0.3, 0.4) is 0 Å². The Labute approximate surface area is 451 Å². The number of ether oxygens (including phenoxy) is 2. The summed E-state index contributed by atoms with van der Waals surface area (Å²) in [4.78, 5) is 69.5. The second kappa shape index (κ2) is 25.7. The van der Waals surface area contributed by atoms with Gasteiger partial charge in [0.05, 0.1) is 37.7 Å². The van der Waals surface area contributed by atoms with Crippen LogP contribution in [0.1, 0.15) is 93.7 Å². The fraction of sp³-hybridized carbons (Fsp3) is 0.389. The van der Waals surface area contributed by atoms with Gasteiger partial charge >= 0.3 is 5.97 Å². The van der Waals surface area contributed by atoms with Crippen LogP contribution in [0, 0.1) is 7.14 Å². The highest BCUT2D eigenvalue weighted by Gasteiger charge is 2.35. The maximum Gasteiger partial charge on any atom is 0.307 e. The summed E-state index contributed by atoms with van der Waals surface area (Å²) >= 11 is 4.17. The zero-order valence-corrected chi connectivity index (χ0v) is 45.3. The van der Waals surface area contributed by atoms with Crippen LogP contribution in [-0.4, -0.2) is 95.1 Å². The third kappa shape index (κ3) is 15.2. The highest BCUT2D eigenvalue weighted by Crippen LogP contribution is 2.37. The zero-order chi connectivity index (χ0) is 52.1. The lowest BCUT2D eigenvalue weighted by molar-refractivity contribution is -0.137. The minimum absolute atomic E-state index is 0.0225. The van der Waals surface area contributed by atoms with Crippen LogP contribution in [0.25, 0.3) is 22.3 Å². The molecule has 0 bridgehead atoms. The van der Waals surface area contributed by atoms with Crippen molar-refractivity contribution in [1.29, 1.82) is 0 Å². The molecule has 1 aliphatic rings. The van der Waals surface area contributed by atoms with Crippen LogP contribution in [0.15, 0.2) is 96.1 Å². The molecule has 17 nitrogen and oxygen atoms in total. The molecule has 386 valence electrons. The van der Waals surface area contributed by atoms with Crippen LogP contribution >= 0.6 is 45.2 Å². The first-order valence-corrected chi connectivity index (χ1v) is 26.6. The summed E-state index contributed by atoms with van der Waals surface area (Å²) < 4.78 is 16.1. The summed E-state index contributed by atoms with van der Waals surface area (Å²) in [5.74, 6) is -0.236. The van der Waals surface area contributed by atoms with Gasteiger partial charge in [0.15, 0.2) is 29.4 Å². The second-order valence-corrected chi connectivity index (χ2v) is 21.0. The Bertz CT molecular complexity index is 2930. The van der Waals surface area contributed by atoms with E-state index in [0.717, 1.165) is 62.4 Å². The number of likely N-dealkylation sites (tertiary alicyclic amines) is 1. The van der Waals surface area contributed by atoms with Gasteiger partial charge in [0.25, 0.3) is 11.5 Å². The predicted molar refractivity (Wildman–Crippen MR) is 293 cm³/mol. The SMILES string of the molecule is C[C@H](CC(=O)N1CCC(O)(Cn2cnc3c(-c4ccc(CNC(=O)CCCCCCCCNC(=O)COc5cc(Oc6c(I)cc(CC(=O)O)cc6I)ccc5O)cc4)n(C)nc3c2=O)CC1)c1ccccc1. The smallest absolute Gasteiger partial charge is 0.307 e. The first kappa shape index (κ1) is 54.7. The highest BCUT2D eigenvalue weighted by molar-refractivity contribution is 14.1. The van der Waals surface area contributed by atoms with Gasteiger partial charge in [-0.15, -0.1) is 0 Å². The van der Waals surface area contributed by atoms with Crippen molar-refractivity contribution < 1.29 is 44.0 Å². The normalized spacial score (nSPS) is 13.6. The van der Waals surface area contributed by atoms with Crippen molar-refractivity contribution in [3.63, 3.8) is 0 Å². The molecule has 4 aromatic carbocycles. The van der Waals surface area contributed by atoms with E-state index in [1.165, 1.54) is 23.0 Å². The fourth-order valence-electron chi connectivity index (χ4n) is 8.86. The van der Waals surface area contributed by atoms with Gasteiger partial charge in [-0.25, -0.2) is 4.98 Å². The Hall–Kier alpha value is -6.07. The molecule has 73 heavy (non-hydrogen) atoms. The van der Waals surface area contributed by atoms with E-state index in [0.29, 0.717) is 80.1 Å².